The third-order valence-corrected chi connectivity index (χ3v) is 11.2. The highest BCUT2D eigenvalue weighted by Crippen LogP contribution is 2.18. The van der Waals surface area contributed by atoms with Gasteiger partial charge in [0.2, 0.25) is 23.6 Å². The number of nitrogens with zero attached hydrogens (tertiary/aromatic N) is 3. The molecule has 4 aromatic carbocycles. The van der Waals surface area contributed by atoms with Crippen LogP contribution in [0.15, 0.2) is 109 Å². The minimum absolute atomic E-state index is 0.0102. The number of benzene rings is 4. The molecule has 0 aliphatic carbocycles. The van der Waals surface area contributed by atoms with E-state index in [-0.39, 0.29) is 36.7 Å². The smallest absolute Gasteiger partial charge is 0.410 e. The fourth-order valence-corrected chi connectivity index (χ4v) is 6.79. The maximum Gasteiger partial charge on any atom is 0.410 e. The number of phenolic OH excluding ortho intramolecular Hbond substituents is 2. The monoisotopic (exact) mass is 954 g/mol. The highest BCUT2D eigenvalue weighted by atomic mass is 16.6. The lowest BCUT2D eigenvalue weighted by Gasteiger charge is -2.34. The summed E-state index contributed by atoms with van der Waals surface area (Å²) in [6.07, 6.45) is 0.0140. The van der Waals surface area contributed by atoms with Gasteiger partial charge in [-0.15, -0.1) is 0 Å². The Kier molecular flexibility index (Phi) is 21.2. The lowest BCUT2D eigenvalue weighted by molar-refractivity contribution is -0.145. The van der Waals surface area contributed by atoms with Gasteiger partial charge in [-0.25, -0.2) is 14.4 Å². The summed E-state index contributed by atoms with van der Waals surface area (Å²) in [6, 6.07) is 25.0. The Morgan fingerprint density at radius 2 is 0.870 bits per heavy atom. The number of carbonyl (C=O) groups is 7. The van der Waals surface area contributed by atoms with Gasteiger partial charge in [0.15, 0.2) is 0 Å². The largest absolute Gasteiger partial charge is 0.508 e. The van der Waals surface area contributed by atoms with Crippen LogP contribution < -0.4 is 16.0 Å². The summed E-state index contributed by atoms with van der Waals surface area (Å²) >= 11 is 0. The number of hydrogen-bond donors (Lipinski definition) is 7. The second-order valence-electron chi connectivity index (χ2n) is 17.6. The van der Waals surface area contributed by atoms with Crippen molar-refractivity contribution in [3.8, 4) is 11.5 Å². The van der Waals surface area contributed by atoms with Crippen LogP contribution in [0.1, 0.15) is 56.9 Å². The van der Waals surface area contributed by atoms with Crippen molar-refractivity contribution in [2.45, 2.75) is 102 Å². The van der Waals surface area contributed by atoms with Crippen LogP contribution in [0.4, 0.5) is 4.79 Å². The van der Waals surface area contributed by atoms with Crippen molar-refractivity contribution in [2.24, 2.45) is 0 Å². The van der Waals surface area contributed by atoms with Crippen molar-refractivity contribution >= 4 is 41.7 Å². The SMILES string of the molecule is CN[C@@H](Cc1ccccc1)C(=O)N(C)[C@@H](C)C(=O)N[C@@H](Cc1ccc(O)cc1)C(=O)O.C[C@@H](C(=O)N[C@@H](Cc1ccc(O)cc1)C(=O)O)N(C)C(=O)[C@H](Cc1ccccc1)N(C)C(=O)OC(C)(C)C. The zero-order valence-electron chi connectivity index (χ0n) is 40.6. The molecule has 0 unspecified atom stereocenters. The van der Waals surface area contributed by atoms with E-state index in [0.717, 1.165) is 11.1 Å². The molecule has 5 amide bonds. The minimum atomic E-state index is -1.25. The van der Waals surface area contributed by atoms with Crippen LogP contribution in [0.25, 0.3) is 0 Å². The molecular formula is C51H66N6O12. The molecule has 0 saturated heterocycles. The molecule has 0 aliphatic rings. The number of ether oxygens (including phenoxy) is 1. The van der Waals surface area contributed by atoms with E-state index in [1.165, 1.54) is 67.0 Å². The Hall–Kier alpha value is -7.47. The molecule has 0 radical (unpaired) electrons. The summed E-state index contributed by atoms with van der Waals surface area (Å²) < 4.78 is 5.46. The molecule has 0 heterocycles. The Morgan fingerprint density at radius 3 is 1.23 bits per heavy atom. The Bertz CT molecular complexity index is 2330. The normalized spacial score (nSPS) is 13.6. The third-order valence-electron chi connectivity index (χ3n) is 11.2. The number of hydrogen-bond acceptors (Lipinski definition) is 11. The van der Waals surface area contributed by atoms with Crippen molar-refractivity contribution in [3.63, 3.8) is 0 Å². The van der Waals surface area contributed by atoms with Gasteiger partial charge in [-0.3, -0.25) is 24.1 Å². The van der Waals surface area contributed by atoms with E-state index in [9.17, 15) is 54.0 Å². The number of amides is 5. The van der Waals surface area contributed by atoms with Gasteiger partial charge in [0, 0.05) is 40.4 Å². The Morgan fingerprint density at radius 1 is 0.522 bits per heavy atom. The number of phenols is 2. The van der Waals surface area contributed by atoms with Gasteiger partial charge in [-0.05, 0) is 94.6 Å². The second-order valence-corrected chi connectivity index (χ2v) is 17.6. The molecule has 7 N–H and O–H groups in total. The zero-order chi connectivity index (χ0) is 51.6. The summed E-state index contributed by atoms with van der Waals surface area (Å²) in [5.74, 6) is -4.29. The molecule has 18 heteroatoms. The van der Waals surface area contributed by atoms with Crippen LogP contribution in [-0.4, -0.2) is 147 Å². The number of nitrogens with one attached hydrogen (secondary N) is 3. The summed E-state index contributed by atoms with van der Waals surface area (Å²) in [5, 5.41) is 45.9. The molecule has 0 saturated carbocycles. The standard InChI is InChI=1S/C28H37N3O7.C23H29N3O5/c1-18(24(33)29-22(26(35)36)16-20-12-14-21(32)15-13-20)30(5)25(34)23(17-19-10-8-7-9-11-19)31(6)27(37)38-28(2,3)4;1-15(26(3)22(29)19(24-2)13-16-7-5-4-6-8-16)21(28)25-20(23(30)31)14-17-9-11-18(27)12-10-17/h7-15,18,22-23,32H,16-17H2,1-6H3,(H,29,33)(H,35,36);4-12,15,19-20,24,27H,13-14H2,1-3H3,(H,25,28)(H,30,31)/t18-,22-,23-;15-,19-,20-/m00/s1. The molecule has 372 valence electrons. The molecular weight excluding hydrogens is 889 g/mol. The predicted octanol–water partition coefficient (Wildman–Crippen LogP) is 4.01. The first-order valence-electron chi connectivity index (χ1n) is 22.3. The summed E-state index contributed by atoms with van der Waals surface area (Å²) in [5.41, 5.74) is 2.29. The van der Waals surface area contributed by atoms with Crippen LogP contribution >= 0.6 is 0 Å². The van der Waals surface area contributed by atoms with Gasteiger partial charge >= 0.3 is 18.0 Å². The first kappa shape index (κ1) is 55.9. The zero-order valence-corrected chi connectivity index (χ0v) is 40.6. The molecule has 0 fully saturated rings. The van der Waals surface area contributed by atoms with Gasteiger partial charge in [-0.2, -0.15) is 0 Å². The Balaban J connectivity index is 0.000000373. The quantitative estimate of drug-likeness (QED) is 0.0662. The average molecular weight is 955 g/mol. The van der Waals surface area contributed by atoms with Crippen molar-refractivity contribution in [3.05, 3.63) is 131 Å². The van der Waals surface area contributed by atoms with Gasteiger partial charge in [0.1, 0.15) is 47.3 Å². The van der Waals surface area contributed by atoms with Gasteiger partial charge in [0.05, 0.1) is 6.04 Å². The van der Waals surface area contributed by atoms with E-state index < -0.39 is 77.6 Å². The first-order valence-corrected chi connectivity index (χ1v) is 22.3. The van der Waals surface area contributed by atoms with Crippen molar-refractivity contribution in [1.82, 2.24) is 30.7 Å². The topological polar surface area (TPSA) is 255 Å². The van der Waals surface area contributed by atoms with Crippen LogP contribution in [0.2, 0.25) is 0 Å². The maximum absolute atomic E-state index is 13.6. The van der Waals surface area contributed by atoms with E-state index in [1.807, 2.05) is 60.7 Å². The number of aliphatic carboxylic acids is 2. The van der Waals surface area contributed by atoms with Crippen molar-refractivity contribution < 1.29 is 58.7 Å². The predicted molar refractivity (Wildman–Crippen MR) is 258 cm³/mol. The molecule has 18 nitrogen and oxygen atoms in total. The fourth-order valence-electron chi connectivity index (χ4n) is 6.79. The number of likely N-dealkylation sites (N-methyl/N-ethyl adjacent to an activating group) is 4. The molecule has 0 spiro atoms. The summed E-state index contributed by atoms with van der Waals surface area (Å²) in [6.45, 7) is 8.22. The average Bonchev–Trinajstić information content (AvgIpc) is 3.31. The number of carbonyl (C=O) groups excluding carboxylic acids is 5. The number of carboxylic acid groups (broad SMARTS) is 2. The number of carboxylic acids is 2. The van der Waals surface area contributed by atoms with E-state index in [1.54, 1.807) is 59.0 Å². The van der Waals surface area contributed by atoms with Gasteiger partial charge in [0.25, 0.3) is 0 Å². The van der Waals surface area contributed by atoms with E-state index in [4.69, 9.17) is 4.74 Å². The lowest BCUT2D eigenvalue weighted by atomic mass is 10.0. The molecule has 69 heavy (non-hydrogen) atoms. The van der Waals surface area contributed by atoms with E-state index in [2.05, 4.69) is 16.0 Å². The van der Waals surface area contributed by atoms with Gasteiger partial charge in [-0.1, -0.05) is 84.9 Å². The van der Waals surface area contributed by atoms with Crippen molar-refractivity contribution in [1.29, 1.82) is 0 Å². The van der Waals surface area contributed by atoms with Crippen LogP contribution in [0, 0.1) is 0 Å². The molecule has 0 aromatic heterocycles. The van der Waals surface area contributed by atoms with E-state index >= 15 is 0 Å². The van der Waals surface area contributed by atoms with Gasteiger partial charge < -0.3 is 50.9 Å². The van der Waals surface area contributed by atoms with Crippen LogP contribution in [0.5, 0.6) is 11.5 Å². The van der Waals surface area contributed by atoms with Crippen molar-refractivity contribution in [2.75, 3.05) is 28.2 Å². The maximum atomic E-state index is 13.6. The fraction of sp³-hybridized carbons (Fsp3) is 0.392. The number of aromatic hydroxyl groups is 2. The van der Waals surface area contributed by atoms with Crippen LogP contribution in [-0.2, 0) is 59.2 Å². The molecule has 4 aromatic rings. The molecule has 6 atom stereocenters. The highest BCUT2D eigenvalue weighted by Gasteiger charge is 2.36. The molecule has 0 bridgehead atoms. The third kappa shape index (κ3) is 17.9. The number of rotatable bonds is 20. The lowest BCUT2D eigenvalue weighted by Crippen LogP contribution is -2.56. The summed E-state index contributed by atoms with van der Waals surface area (Å²) in [7, 11) is 6.11. The highest BCUT2D eigenvalue weighted by molar-refractivity contribution is 5.93. The Labute approximate surface area is 403 Å². The first-order chi connectivity index (χ1) is 32.4. The van der Waals surface area contributed by atoms with Crippen LogP contribution in [0.3, 0.4) is 0 Å². The summed E-state index contributed by atoms with van der Waals surface area (Å²) in [4.78, 5) is 92.2. The second kappa shape index (κ2) is 26.2. The molecule has 0 aliphatic heterocycles. The van der Waals surface area contributed by atoms with E-state index in [0.29, 0.717) is 17.5 Å². The molecule has 4 rings (SSSR count). The minimum Gasteiger partial charge on any atom is -0.508 e.